The molecule has 0 saturated carbocycles. The minimum Gasteiger partial charge on any atom is -0.495 e. The van der Waals surface area contributed by atoms with Crippen LogP contribution in [0, 0.1) is 0 Å². The molecule has 0 fully saturated rings. The predicted molar refractivity (Wildman–Crippen MR) is 95.1 cm³/mol. The fourth-order valence-electron chi connectivity index (χ4n) is 2.54. The van der Waals surface area contributed by atoms with Crippen LogP contribution in [0.2, 0.25) is 5.02 Å². The maximum atomic E-state index is 12.6. The molecule has 0 aliphatic carbocycles. The van der Waals surface area contributed by atoms with Gasteiger partial charge in [-0.25, -0.2) is 0 Å². The van der Waals surface area contributed by atoms with Gasteiger partial charge in [0.25, 0.3) is 11.5 Å². The average Bonchev–Trinajstić information content (AvgIpc) is 2.58. The third-order valence-electron chi connectivity index (χ3n) is 3.81. The Kier molecular flexibility index (Phi) is 4.27. The van der Waals surface area contributed by atoms with Crippen molar-refractivity contribution in [3.63, 3.8) is 0 Å². The van der Waals surface area contributed by atoms with Gasteiger partial charge in [0.05, 0.1) is 23.2 Å². The molecule has 6 heteroatoms. The molecule has 3 rings (SSSR count). The number of para-hydroxylation sites is 1. The third kappa shape index (κ3) is 2.86. The van der Waals surface area contributed by atoms with Gasteiger partial charge in [0.1, 0.15) is 5.75 Å². The highest BCUT2D eigenvalue weighted by Crippen LogP contribution is 2.27. The highest BCUT2D eigenvalue weighted by molar-refractivity contribution is 6.32. The van der Waals surface area contributed by atoms with Crippen LogP contribution in [0.25, 0.3) is 10.9 Å². The van der Waals surface area contributed by atoms with E-state index in [4.69, 9.17) is 16.3 Å². The molecular formula is C18H15ClN2O3. The van der Waals surface area contributed by atoms with Crippen molar-refractivity contribution in [1.82, 2.24) is 4.57 Å². The second-order valence-electron chi connectivity index (χ2n) is 5.28. The summed E-state index contributed by atoms with van der Waals surface area (Å²) in [6.45, 7) is 0. The number of anilines is 1. The van der Waals surface area contributed by atoms with Crippen LogP contribution in [-0.4, -0.2) is 17.6 Å². The van der Waals surface area contributed by atoms with E-state index in [1.54, 1.807) is 31.3 Å². The van der Waals surface area contributed by atoms with Crippen molar-refractivity contribution in [3.8, 4) is 5.75 Å². The van der Waals surface area contributed by atoms with Gasteiger partial charge in [-0.1, -0.05) is 29.8 Å². The number of methoxy groups -OCH3 is 1. The number of nitrogens with zero attached hydrogens (tertiary/aromatic N) is 1. The number of aryl methyl sites for hydroxylation is 1. The van der Waals surface area contributed by atoms with Crippen LogP contribution in [-0.2, 0) is 7.05 Å². The first kappa shape index (κ1) is 16.1. The van der Waals surface area contributed by atoms with Crippen LogP contribution in [0.3, 0.4) is 0 Å². The zero-order valence-electron chi connectivity index (χ0n) is 13.2. The van der Waals surface area contributed by atoms with E-state index in [0.717, 1.165) is 0 Å². The largest absolute Gasteiger partial charge is 0.495 e. The van der Waals surface area contributed by atoms with Crippen molar-refractivity contribution in [1.29, 1.82) is 0 Å². The number of pyridine rings is 1. The molecule has 3 aromatic rings. The highest BCUT2D eigenvalue weighted by atomic mass is 35.5. The standard InChI is InChI=1S/C18H15ClN2O3/c1-21-15-6-4-3-5-12(15)13(10-17(21)22)18(23)20-11-7-8-16(24-2)14(19)9-11/h3-10H,1-2H3,(H,20,23). The smallest absolute Gasteiger partial charge is 0.256 e. The molecule has 1 heterocycles. The molecule has 1 amide bonds. The molecule has 0 bridgehead atoms. The number of ether oxygens (including phenoxy) is 1. The number of hydrogen-bond donors (Lipinski definition) is 1. The number of hydrogen-bond acceptors (Lipinski definition) is 3. The number of halogens is 1. The lowest BCUT2D eigenvalue weighted by molar-refractivity contribution is 0.102. The summed E-state index contributed by atoms with van der Waals surface area (Å²) in [6, 6.07) is 13.6. The maximum Gasteiger partial charge on any atom is 0.256 e. The zero-order chi connectivity index (χ0) is 17.3. The first-order valence-electron chi connectivity index (χ1n) is 7.25. The molecule has 0 aliphatic rings. The van der Waals surface area contributed by atoms with E-state index in [2.05, 4.69) is 5.32 Å². The topological polar surface area (TPSA) is 60.3 Å². The zero-order valence-corrected chi connectivity index (χ0v) is 13.9. The van der Waals surface area contributed by atoms with Crippen molar-refractivity contribution in [2.45, 2.75) is 0 Å². The summed E-state index contributed by atoms with van der Waals surface area (Å²) < 4.78 is 6.60. The molecule has 24 heavy (non-hydrogen) atoms. The Labute approximate surface area is 143 Å². The first-order chi connectivity index (χ1) is 11.5. The highest BCUT2D eigenvalue weighted by Gasteiger charge is 2.14. The number of benzene rings is 2. The van der Waals surface area contributed by atoms with Crippen LogP contribution in [0.5, 0.6) is 5.75 Å². The Bertz CT molecular complexity index is 995. The van der Waals surface area contributed by atoms with Gasteiger partial charge >= 0.3 is 0 Å². The summed E-state index contributed by atoms with van der Waals surface area (Å²) in [5.74, 6) is 0.152. The average molecular weight is 343 g/mol. The molecule has 0 aliphatic heterocycles. The minimum absolute atomic E-state index is 0.244. The van der Waals surface area contributed by atoms with Crippen molar-refractivity contribution in [3.05, 3.63) is 69.5 Å². The molecule has 0 radical (unpaired) electrons. The fourth-order valence-corrected chi connectivity index (χ4v) is 2.80. The van der Waals surface area contributed by atoms with Crippen LogP contribution in [0.15, 0.2) is 53.3 Å². The predicted octanol–water partition coefficient (Wildman–Crippen LogP) is 3.45. The number of aromatic nitrogens is 1. The molecule has 1 N–H and O–H groups in total. The minimum atomic E-state index is -0.370. The van der Waals surface area contributed by atoms with E-state index in [0.29, 0.717) is 32.9 Å². The second kappa shape index (κ2) is 6.37. The molecule has 1 aromatic heterocycles. The number of fused-ring (bicyclic) bond motifs is 1. The van der Waals surface area contributed by atoms with Gasteiger partial charge in [0, 0.05) is 24.2 Å². The Morgan fingerprint density at radius 2 is 1.92 bits per heavy atom. The van der Waals surface area contributed by atoms with Crippen LogP contribution >= 0.6 is 11.6 Å². The molecule has 0 unspecified atom stereocenters. The summed E-state index contributed by atoms with van der Waals surface area (Å²) in [7, 11) is 3.20. The lowest BCUT2D eigenvalue weighted by Gasteiger charge is -2.11. The maximum absolute atomic E-state index is 12.6. The van der Waals surface area contributed by atoms with Crippen molar-refractivity contribution >= 4 is 34.1 Å². The summed E-state index contributed by atoms with van der Waals surface area (Å²) >= 11 is 6.07. The van der Waals surface area contributed by atoms with Crippen LogP contribution in [0.4, 0.5) is 5.69 Å². The Morgan fingerprint density at radius 3 is 2.62 bits per heavy atom. The lowest BCUT2D eigenvalue weighted by Crippen LogP contribution is -2.21. The number of amides is 1. The Balaban J connectivity index is 2.02. The van der Waals surface area contributed by atoms with Crippen molar-refractivity contribution < 1.29 is 9.53 Å². The molecule has 5 nitrogen and oxygen atoms in total. The van der Waals surface area contributed by atoms with Gasteiger partial charge in [-0.3, -0.25) is 9.59 Å². The molecule has 122 valence electrons. The second-order valence-corrected chi connectivity index (χ2v) is 5.68. The van der Waals surface area contributed by atoms with Crippen molar-refractivity contribution in [2.24, 2.45) is 7.05 Å². The summed E-state index contributed by atoms with van der Waals surface area (Å²) in [6.07, 6.45) is 0. The summed E-state index contributed by atoms with van der Waals surface area (Å²) in [5, 5.41) is 3.86. The molecule has 0 saturated heterocycles. The number of nitrogens with one attached hydrogen (secondary N) is 1. The van der Waals surface area contributed by atoms with E-state index in [1.165, 1.54) is 17.7 Å². The molecule has 2 aromatic carbocycles. The van der Waals surface area contributed by atoms with E-state index in [-0.39, 0.29) is 11.5 Å². The number of rotatable bonds is 3. The number of carbonyl (C=O) groups excluding carboxylic acids is 1. The normalized spacial score (nSPS) is 10.6. The quantitative estimate of drug-likeness (QED) is 0.793. The van der Waals surface area contributed by atoms with Crippen LogP contribution < -0.4 is 15.6 Å². The molecule has 0 atom stereocenters. The lowest BCUT2D eigenvalue weighted by atomic mass is 10.1. The summed E-state index contributed by atoms with van der Waals surface area (Å²) in [4.78, 5) is 24.7. The van der Waals surface area contributed by atoms with E-state index >= 15 is 0 Å². The first-order valence-corrected chi connectivity index (χ1v) is 7.62. The number of carbonyl (C=O) groups is 1. The van der Waals surface area contributed by atoms with Gasteiger partial charge in [-0.15, -0.1) is 0 Å². The molecule has 0 spiro atoms. The van der Waals surface area contributed by atoms with Crippen LogP contribution in [0.1, 0.15) is 10.4 Å². The van der Waals surface area contributed by atoms with Crippen molar-refractivity contribution in [2.75, 3.05) is 12.4 Å². The molecular weight excluding hydrogens is 328 g/mol. The van der Waals surface area contributed by atoms with Gasteiger partial charge in [-0.05, 0) is 24.3 Å². The SMILES string of the molecule is COc1ccc(NC(=O)c2cc(=O)n(C)c3ccccc23)cc1Cl. The third-order valence-corrected chi connectivity index (χ3v) is 4.10. The Morgan fingerprint density at radius 1 is 1.17 bits per heavy atom. The van der Waals surface area contributed by atoms with E-state index in [1.807, 2.05) is 18.2 Å². The monoisotopic (exact) mass is 342 g/mol. The van der Waals surface area contributed by atoms with Gasteiger partial charge in [0.2, 0.25) is 0 Å². The Hall–Kier alpha value is -2.79. The van der Waals surface area contributed by atoms with Gasteiger partial charge in [-0.2, -0.15) is 0 Å². The summed E-state index contributed by atoms with van der Waals surface area (Å²) in [5.41, 5.74) is 1.30. The van der Waals surface area contributed by atoms with Gasteiger partial charge in [0.15, 0.2) is 0 Å². The fraction of sp³-hybridized carbons (Fsp3) is 0.111. The van der Waals surface area contributed by atoms with Gasteiger partial charge < -0.3 is 14.6 Å². The van der Waals surface area contributed by atoms with E-state index in [9.17, 15) is 9.59 Å². The van der Waals surface area contributed by atoms with E-state index < -0.39 is 0 Å².